The number of amides is 1. The molecule has 1 fully saturated rings. The van der Waals surface area contributed by atoms with Crippen LogP contribution in [0.25, 0.3) is 0 Å². The van der Waals surface area contributed by atoms with Crippen molar-refractivity contribution in [3.8, 4) is 0 Å². The molecule has 0 saturated heterocycles. The summed E-state index contributed by atoms with van der Waals surface area (Å²) in [6.45, 7) is 5.25. The smallest absolute Gasteiger partial charge is 0.307 e. The number of aromatic nitrogens is 1. The van der Waals surface area contributed by atoms with Gasteiger partial charge in [0.1, 0.15) is 5.76 Å². The van der Waals surface area contributed by atoms with Gasteiger partial charge in [-0.1, -0.05) is 19.0 Å². The molecule has 6 heteroatoms. The van der Waals surface area contributed by atoms with Crippen LogP contribution in [0.15, 0.2) is 10.6 Å². The van der Waals surface area contributed by atoms with Crippen LogP contribution >= 0.6 is 0 Å². The third-order valence-corrected chi connectivity index (χ3v) is 3.26. The number of hydrogen-bond donors (Lipinski definition) is 2. The van der Waals surface area contributed by atoms with E-state index in [2.05, 4.69) is 10.5 Å². The van der Waals surface area contributed by atoms with Gasteiger partial charge in [0.25, 0.3) is 0 Å². The van der Waals surface area contributed by atoms with Crippen LogP contribution in [-0.4, -0.2) is 22.1 Å². The standard InChI is InChI=1S/C11H14N2O4/c1-5-4-6(13-17-5)12-9(14)7-8(10(15)16)11(7,2)3/h4,7-8H,1-3H3,(H,15,16)(H,12,13,14)/t7-,8+/m0/s1. The first-order chi connectivity index (χ1) is 7.84. The van der Waals surface area contributed by atoms with Gasteiger partial charge < -0.3 is 14.9 Å². The number of carboxylic acids is 1. The van der Waals surface area contributed by atoms with E-state index in [-0.39, 0.29) is 5.91 Å². The van der Waals surface area contributed by atoms with Crippen LogP contribution in [0.3, 0.4) is 0 Å². The molecule has 2 atom stereocenters. The normalized spacial score (nSPS) is 25.4. The SMILES string of the molecule is Cc1cc(NC(=O)[C@@H]2[C@H](C(=O)O)C2(C)C)no1. The van der Waals surface area contributed by atoms with Gasteiger partial charge in [-0.25, -0.2) is 0 Å². The summed E-state index contributed by atoms with van der Waals surface area (Å²) < 4.78 is 4.81. The highest BCUT2D eigenvalue weighted by Gasteiger charge is 2.65. The van der Waals surface area contributed by atoms with Crippen LogP contribution in [0.4, 0.5) is 5.82 Å². The zero-order chi connectivity index (χ0) is 12.8. The number of anilines is 1. The van der Waals surface area contributed by atoms with Crippen molar-refractivity contribution in [2.24, 2.45) is 17.3 Å². The number of rotatable bonds is 3. The van der Waals surface area contributed by atoms with Crippen molar-refractivity contribution in [1.29, 1.82) is 0 Å². The molecule has 2 N–H and O–H groups in total. The number of nitrogens with zero attached hydrogens (tertiary/aromatic N) is 1. The molecule has 1 heterocycles. The van der Waals surface area contributed by atoms with E-state index in [4.69, 9.17) is 9.63 Å². The van der Waals surface area contributed by atoms with Gasteiger partial charge in [-0.05, 0) is 12.3 Å². The van der Waals surface area contributed by atoms with Crippen molar-refractivity contribution in [2.45, 2.75) is 20.8 Å². The Bertz CT molecular complexity index is 478. The fourth-order valence-corrected chi connectivity index (χ4v) is 2.22. The molecule has 0 bridgehead atoms. The Kier molecular flexibility index (Phi) is 2.45. The van der Waals surface area contributed by atoms with E-state index < -0.39 is 23.2 Å². The van der Waals surface area contributed by atoms with E-state index in [1.165, 1.54) is 0 Å². The van der Waals surface area contributed by atoms with Gasteiger partial charge in [0.2, 0.25) is 5.91 Å². The van der Waals surface area contributed by atoms with Crippen molar-refractivity contribution in [3.05, 3.63) is 11.8 Å². The molecule has 0 radical (unpaired) electrons. The van der Waals surface area contributed by atoms with Gasteiger partial charge in [-0.3, -0.25) is 9.59 Å². The van der Waals surface area contributed by atoms with Crippen molar-refractivity contribution >= 4 is 17.7 Å². The maximum absolute atomic E-state index is 11.9. The van der Waals surface area contributed by atoms with Gasteiger partial charge in [0.05, 0.1) is 11.8 Å². The van der Waals surface area contributed by atoms with Crippen LogP contribution < -0.4 is 5.32 Å². The number of carboxylic acid groups (broad SMARTS) is 1. The van der Waals surface area contributed by atoms with E-state index in [0.717, 1.165) is 0 Å². The van der Waals surface area contributed by atoms with Crippen LogP contribution in [0.2, 0.25) is 0 Å². The number of hydrogen-bond acceptors (Lipinski definition) is 4. The first-order valence-corrected chi connectivity index (χ1v) is 5.31. The molecule has 0 spiro atoms. The Morgan fingerprint density at radius 2 is 2.12 bits per heavy atom. The van der Waals surface area contributed by atoms with Crippen molar-refractivity contribution < 1.29 is 19.2 Å². The third kappa shape index (κ3) is 1.90. The first kappa shape index (κ1) is 11.6. The Morgan fingerprint density at radius 3 is 2.53 bits per heavy atom. The summed E-state index contributed by atoms with van der Waals surface area (Å²) in [5.74, 6) is -1.50. The highest BCUT2D eigenvalue weighted by Crippen LogP contribution is 2.58. The fourth-order valence-electron chi connectivity index (χ4n) is 2.22. The van der Waals surface area contributed by atoms with Crippen LogP contribution in [0, 0.1) is 24.2 Å². The van der Waals surface area contributed by atoms with Crippen molar-refractivity contribution in [1.82, 2.24) is 5.16 Å². The molecule has 1 saturated carbocycles. The van der Waals surface area contributed by atoms with E-state index in [0.29, 0.717) is 11.6 Å². The van der Waals surface area contributed by atoms with E-state index in [9.17, 15) is 9.59 Å². The molecule has 1 aromatic heterocycles. The minimum Gasteiger partial charge on any atom is -0.481 e. The molecule has 1 aliphatic rings. The Hall–Kier alpha value is -1.85. The highest BCUT2D eigenvalue weighted by atomic mass is 16.5. The molecule has 0 unspecified atom stereocenters. The lowest BCUT2D eigenvalue weighted by atomic mass is 10.1. The van der Waals surface area contributed by atoms with Crippen LogP contribution in [0.5, 0.6) is 0 Å². The summed E-state index contributed by atoms with van der Waals surface area (Å²) in [6.07, 6.45) is 0. The molecular weight excluding hydrogens is 224 g/mol. The predicted octanol–water partition coefficient (Wildman–Crippen LogP) is 1.28. The summed E-state index contributed by atoms with van der Waals surface area (Å²) >= 11 is 0. The number of aliphatic carboxylic acids is 1. The maximum Gasteiger partial charge on any atom is 0.307 e. The van der Waals surface area contributed by atoms with Crippen molar-refractivity contribution in [2.75, 3.05) is 5.32 Å². The lowest BCUT2D eigenvalue weighted by molar-refractivity contribution is -0.140. The van der Waals surface area contributed by atoms with E-state index >= 15 is 0 Å². The van der Waals surface area contributed by atoms with Crippen LogP contribution in [-0.2, 0) is 9.59 Å². The Balaban J connectivity index is 2.05. The number of nitrogens with one attached hydrogen (secondary N) is 1. The summed E-state index contributed by atoms with van der Waals surface area (Å²) in [5, 5.41) is 15.2. The Labute approximate surface area is 98.0 Å². The highest BCUT2D eigenvalue weighted by molar-refractivity contribution is 5.99. The van der Waals surface area contributed by atoms with Crippen LogP contribution in [0.1, 0.15) is 19.6 Å². The molecule has 0 aromatic carbocycles. The lowest BCUT2D eigenvalue weighted by Crippen LogP contribution is -2.17. The monoisotopic (exact) mass is 238 g/mol. The van der Waals surface area contributed by atoms with Gasteiger partial charge in [0.15, 0.2) is 5.82 Å². The van der Waals surface area contributed by atoms with Gasteiger partial charge >= 0.3 is 5.97 Å². The number of carbonyl (C=O) groups is 2. The Morgan fingerprint density at radius 1 is 1.47 bits per heavy atom. The molecule has 6 nitrogen and oxygen atoms in total. The second kappa shape index (κ2) is 3.58. The summed E-state index contributed by atoms with van der Waals surface area (Å²) in [4.78, 5) is 22.8. The summed E-state index contributed by atoms with van der Waals surface area (Å²) in [7, 11) is 0. The molecule has 17 heavy (non-hydrogen) atoms. The first-order valence-electron chi connectivity index (χ1n) is 5.31. The molecule has 1 amide bonds. The minimum absolute atomic E-state index is 0.319. The summed E-state index contributed by atoms with van der Waals surface area (Å²) in [6, 6.07) is 1.59. The molecule has 1 aliphatic carbocycles. The van der Waals surface area contributed by atoms with Gasteiger partial charge in [0, 0.05) is 6.07 Å². The minimum atomic E-state index is -0.938. The fraction of sp³-hybridized carbons (Fsp3) is 0.545. The second-order valence-corrected chi connectivity index (χ2v) is 4.93. The zero-order valence-corrected chi connectivity index (χ0v) is 9.85. The lowest BCUT2D eigenvalue weighted by Gasteiger charge is -2.01. The molecular formula is C11H14N2O4. The molecule has 2 rings (SSSR count). The third-order valence-electron chi connectivity index (χ3n) is 3.26. The largest absolute Gasteiger partial charge is 0.481 e. The van der Waals surface area contributed by atoms with Gasteiger partial charge in [-0.15, -0.1) is 0 Å². The topological polar surface area (TPSA) is 92.4 Å². The van der Waals surface area contributed by atoms with E-state index in [1.807, 2.05) is 0 Å². The molecule has 0 aliphatic heterocycles. The van der Waals surface area contributed by atoms with Crippen molar-refractivity contribution in [3.63, 3.8) is 0 Å². The number of carbonyl (C=O) groups excluding carboxylic acids is 1. The average Bonchev–Trinajstić information content (AvgIpc) is 2.54. The zero-order valence-electron chi connectivity index (χ0n) is 9.85. The maximum atomic E-state index is 11.9. The quantitative estimate of drug-likeness (QED) is 0.827. The second-order valence-electron chi connectivity index (χ2n) is 4.93. The molecule has 92 valence electrons. The van der Waals surface area contributed by atoms with E-state index in [1.54, 1.807) is 26.8 Å². The predicted molar refractivity (Wildman–Crippen MR) is 58.3 cm³/mol. The average molecular weight is 238 g/mol. The molecule has 1 aromatic rings. The van der Waals surface area contributed by atoms with Gasteiger partial charge in [-0.2, -0.15) is 0 Å². The number of aryl methyl sites for hydroxylation is 1. The summed E-state index contributed by atoms with van der Waals surface area (Å²) in [5.41, 5.74) is -0.505.